The molecular weight excluding hydrogens is 296 g/mol. The Labute approximate surface area is 115 Å². The maximum atomic E-state index is 12.1. The van der Waals surface area contributed by atoms with Gasteiger partial charge in [-0.3, -0.25) is 9.89 Å². The fourth-order valence-electron chi connectivity index (χ4n) is 1.98. The van der Waals surface area contributed by atoms with Crippen LogP contribution in [0.3, 0.4) is 0 Å². The number of aromatic nitrogens is 2. The first-order valence-electron chi connectivity index (χ1n) is 6.29. The smallest absolute Gasteiger partial charge is 0.273 e. The molecule has 1 aromatic rings. The standard InChI is InChI=1S/C12H19BrN4O/c1-6(2)10-9(13)11(17-16-10)12(18)15-8(5-14)7-3-4-7/h6-8H,3-5,14H2,1-2H3,(H,15,18)(H,16,17). The van der Waals surface area contributed by atoms with E-state index in [9.17, 15) is 4.79 Å². The molecule has 0 aliphatic heterocycles. The summed E-state index contributed by atoms with van der Waals surface area (Å²) >= 11 is 3.43. The molecule has 1 aliphatic rings. The highest BCUT2D eigenvalue weighted by atomic mass is 79.9. The lowest BCUT2D eigenvalue weighted by Crippen LogP contribution is -2.42. The molecule has 4 N–H and O–H groups in total. The number of hydrogen-bond acceptors (Lipinski definition) is 3. The summed E-state index contributed by atoms with van der Waals surface area (Å²) in [4.78, 5) is 12.1. The Kier molecular flexibility index (Phi) is 4.07. The molecule has 1 saturated carbocycles. The molecular formula is C12H19BrN4O. The van der Waals surface area contributed by atoms with E-state index in [-0.39, 0.29) is 11.9 Å². The van der Waals surface area contributed by atoms with Gasteiger partial charge in [-0.1, -0.05) is 13.8 Å². The molecule has 5 nitrogen and oxygen atoms in total. The van der Waals surface area contributed by atoms with Gasteiger partial charge in [0.05, 0.1) is 10.2 Å². The van der Waals surface area contributed by atoms with E-state index >= 15 is 0 Å². The summed E-state index contributed by atoms with van der Waals surface area (Å²) < 4.78 is 0.751. The van der Waals surface area contributed by atoms with Crippen LogP contribution in [0.15, 0.2) is 4.47 Å². The molecule has 100 valence electrons. The molecule has 6 heteroatoms. The molecule has 1 aliphatic carbocycles. The fraction of sp³-hybridized carbons (Fsp3) is 0.667. The van der Waals surface area contributed by atoms with E-state index in [1.165, 1.54) is 0 Å². The summed E-state index contributed by atoms with van der Waals surface area (Å²) in [6.07, 6.45) is 2.31. The van der Waals surface area contributed by atoms with Gasteiger partial charge >= 0.3 is 0 Å². The van der Waals surface area contributed by atoms with Crippen molar-refractivity contribution in [1.82, 2.24) is 15.5 Å². The van der Waals surface area contributed by atoms with E-state index in [0.29, 0.717) is 24.1 Å². The van der Waals surface area contributed by atoms with Crippen LogP contribution in [-0.2, 0) is 0 Å². The predicted molar refractivity (Wildman–Crippen MR) is 73.4 cm³/mol. The highest BCUT2D eigenvalue weighted by Crippen LogP contribution is 2.32. The Bertz CT molecular complexity index is 439. The number of carbonyl (C=O) groups excluding carboxylic acids is 1. The summed E-state index contributed by atoms with van der Waals surface area (Å²) in [5.74, 6) is 0.677. The van der Waals surface area contributed by atoms with E-state index in [1.54, 1.807) is 0 Å². The van der Waals surface area contributed by atoms with Crippen molar-refractivity contribution in [3.05, 3.63) is 15.9 Å². The summed E-state index contributed by atoms with van der Waals surface area (Å²) in [6.45, 7) is 4.58. The number of nitrogens with one attached hydrogen (secondary N) is 2. The number of nitrogens with two attached hydrogens (primary N) is 1. The van der Waals surface area contributed by atoms with E-state index in [4.69, 9.17) is 5.73 Å². The van der Waals surface area contributed by atoms with E-state index < -0.39 is 0 Å². The van der Waals surface area contributed by atoms with Crippen molar-refractivity contribution in [2.75, 3.05) is 6.54 Å². The molecule has 0 spiro atoms. The highest BCUT2D eigenvalue weighted by molar-refractivity contribution is 9.10. The maximum absolute atomic E-state index is 12.1. The van der Waals surface area contributed by atoms with Crippen molar-refractivity contribution >= 4 is 21.8 Å². The van der Waals surface area contributed by atoms with Crippen molar-refractivity contribution < 1.29 is 4.79 Å². The van der Waals surface area contributed by atoms with Gasteiger partial charge in [-0.05, 0) is 40.6 Å². The summed E-state index contributed by atoms with van der Waals surface area (Å²) in [5, 5.41) is 9.94. The van der Waals surface area contributed by atoms with Gasteiger partial charge in [0.2, 0.25) is 0 Å². The molecule has 1 amide bonds. The number of rotatable bonds is 5. The Morgan fingerprint density at radius 2 is 2.28 bits per heavy atom. The quantitative estimate of drug-likeness (QED) is 0.774. The highest BCUT2D eigenvalue weighted by Gasteiger charge is 2.32. The van der Waals surface area contributed by atoms with Crippen molar-refractivity contribution in [1.29, 1.82) is 0 Å². The van der Waals surface area contributed by atoms with E-state index in [2.05, 4.69) is 31.4 Å². The average Bonchev–Trinajstić information content (AvgIpc) is 3.08. The Morgan fingerprint density at radius 3 is 2.72 bits per heavy atom. The molecule has 2 rings (SSSR count). The number of hydrogen-bond donors (Lipinski definition) is 3. The number of nitrogens with zero attached hydrogens (tertiary/aromatic N) is 1. The van der Waals surface area contributed by atoms with Gasteiger partial charge in [-0.25, -0.2) is 0 Å². The van der Waals surface area contributed by atoms with Crippen LogP contribution in [0.5, 0.6) is 0 Å². The topological polar surface area (TPSA) is 83.8 Å². The molecule has 1 unspecified atom stereocenters. The number of aromatic amines is 1. The first-order chi connectivity index (χ1) is 8.54. The minimum Gasteiger partial charge on any atom is -0.346 e. The normalized spacial score (nSPS) is 16.9. The number of H-pyrrole nitrogens is 1. The van der Waals surface area contributed by atoms with Crippen LogP contribution in [0.4, 0.5) is 0 Å². The molecule has 0 bridgehead atoms. The molecule has 1 aromatic heterocycles. The lowest BCUT2D eigenvalue weighted by molar-refractivity contribution is 0.0927. The van der Waals surface area contributed by atoms with Crippen LogP contribution in [0.25, 0.3) is 0 Å². The first-order valence-corrected chi connectivity index (χ1v) is 7.08. The minimum absolute atomic E-state index is 0.0728. The van der Waals surface area contributed by atoms with E-state index in [0.717, 1.165) is 23.0 Å². The number of halogens is 1. The van der Waals surface area contributed by atoms with Gasteiger partial charge in [0.15, 0.2) is 5.69 Å². The molecule has 0 radical (unpaired) electrons. The third kappa shape index (κ3) is 2.75. The van der Waals surface area contributed by atoms with Gasteiger partial charge in [0, 0.05) is 12.6 Å². The zero-order valence-electron chi connectivity index (χ0n) is 10.7. The van der Waals surface area contributed by atoms with Crippen LogP contribution in [0.2, 0.25) is 0 Å². The summed E-state index contributed by atoms with van der Waals surface area (Å²) in [5.41, 5.74) is 7.03. The Hall–Kier alpha value is -0.880. The van der Waals surface area contributed by atoms with Crippen molar-refractivity contribution in [2.45, 2.75) is 38.6 Å². The lowest BCUT2D eigenvalue weighted by atomic mass is 10.1. The van der Waals surface area contributed by atoms with Crippen LogP contribution < -0.4 is 11.1 Å². The average molecular weight is 315 g/mol. The predicted octanol–water partition coefficient (Wildman–Crippen LogP) is 1.76. The van der Waals surface area contributed by atoms with Crippen LogP contribution in [0.1, 0.15) is 48.8 Å². The molecule has 0 aromatic carbocycles. The van der Waals surface area contributed by atoms with Crippen molar-refractivity contribution in [3.8, 4) is 0 Å². The molecule has 1 atom stereocenters. The Balaban J connectivity index is 2.08. The third-order valence-electron chi connectivity index (χ3n) is 3.29. The second-order valence-corrected chi connectivity index (χ2v) is 5.90. The zero-order chi connectivity index (χ0) is 13.3. The fourth-order valence-corrected chi connectivity index (χ4v) is 2.79. The second-order valence-electron chi connectivity index (χ2n) is 5.11. The van der Waals surface area contributed by atoms with Crippen LogP contribution in [0, 0.1) is 5.92 Å². The lowest BCUT2D eigenvalue weighted by Gasteiger charge is -2.15. The monoisotopic (exact) mass is 314 g/mol. The SMILES string of the molecule is CC(C)c1[nH]nc(C(=O)NC(CN)C2CC2)c1Br. The molecule has 0 saturated heterocycles. The van der Waals surface area contributed by atoms with Gasteiger partial charge in [-0.2, -0.15) is 5.10 Å². The maximum Gasteiger partial charge on any atom is 0.273 e. The minimum atomic E-state index is -0.160. The van der Waals surface area contributed by atoms with Crippen LogP contribution in [-0.4, -0.2) is 28.7 Å². The number of carbonyl (C=O) groups is 1. The van der Waals surface area contributed by atoms with Gasteiger partial charge in [0.25, 0.3) is 5.91 Å². The number of amides is 1. The molecule has 1 fully saturated rings. The molecule has 18 heavy (non-hydrogen) atoms. The molecule has 1 heterocycles. The zero-order valence-corrected chi connectivity index (χ0v) is 12.3. The van der Waals surface area contributed by atoms with Crippen LogP contribution >= 0.6 is 15.9 Å². The Morgan fingerprint density at radius 1 is 1.61 bits per heavy atom. The van der Waals surface area contributed by atoms with Crippen molar-refractivity contribution in [2.24, 2.45) is 11.7 Å². The van der Waals surface area contributed by atoms with Gasteiger partial charge in [-0.15, -0.1) is 0 Å². The van der Waals surface area contributed by atoms with Gasteiger partial charge < -0.3 is 11.1 Å². The van der Waals surface area contributed by atoms with Crippen molar-refractivity contribution in [3.63, 3.8) is 0 Å². The first kappa shape index (κ1) is 13.5. The largest absolute Gasteiger partial charge is 0.346 e. The summed E-state index contributed by atoms with van der Waals surface area (Å²) in [6, 6.07) is 0.0728. The third-order valence-corrected chi connectivity index (χ3v) is 4.09. The van der Waals surface area contributed by atoms with Gasteiger partial charge in [0.1, 0.15) is 0 Å². The second kappa shape index (κ2) is 5.40. The van der Waals surface area contributed by atoms with E-state index in [1.807, 2.05) is 13.8 Å². The summed E-state index contributed by atoms with van der Waals surface area (Å²) in [7, 11) is 0.